The van der Waals surface area contributed by atoms with Gasteiger partial charge in [-0.15, -0.1) is 0 Å². The lowest BCUT2D eigenvalue weighted by molar-refractivity contribution is -0.137. The number of unbranched alkanes of at least 4 members (excludes halogenated alkanes) is 1. The van der Waals surface area contributed by atoms with E-state index >= 15 is 0 Å². The van der Waals surface area contributed by atoms with Crippen molar-refractivity contribution in [1.82, 2.24) is 14.7 Å². The van der Waals surface area contributed by atoms with Gasteiger partial charge in [0.05, 0.1) is 11.7 Å². The lowest BCUT2D eigenvalue weighted by Crippen LogP contribution is -2.46. The molecule has 0 aromatic heterocycles. The summed E-state index contributed by atoms with van der Waals surface area (Å²) in [5.41, 5.74) is 1.80. The minimum atomic E-state index is -0.213. The van der Waals surface area contributed by atoms with Gasteiger partial charge in [0.1, 0.15) is 11.4 Å². The van der Waals surface area contributed by atoms with Crippen molar-refractivity contribution >= 4 is 17.4 Å². The molecule has 0 aliphatic carbocycles. The summed E-state index contributed by atoms with van der Waals surface area (Å²) in [5.74, 6) is 0.351. The number of ether oxygens (including phenoxy) is 2. The van der Waals surface area contributed by atoms with Crippen LogP contribution in [0.3, 0.4) is 0 Å². The van der Waals surface area contributed by atoms with E-state index in [1.54, 1.807) is 0 Å². The van der Waals surface area contributed by atoms with Gasteiger partial charge in [0, 0.05) is 45.9 Å². The lowest BCUT2D eigenvalue weighted by Gasteiger charge is -2.34. The molecule has 2 heterocycles. The Morgan fingerprint density at radius 2 is 1.59 bits per heavy atom. The van der Waals surface area contributed by atoms with Gasteiger partial charge in [-0.05, 0) is 51.4 Å². The van der Waals surface area contributed by atoms with E-state index in [1.807, 2.05) is 38.1 Å². The van der Waals surface area contributed by atoms with E-state index in [1.165, 1.54) is 4.90 Å². The average Bonchev–Trinajstić information content (AvgIpc) is 3.01. The molecule has 3 rings (SSSR count). The zero-order valence-electron chi connectivity index (χ0n) is 19.9. The molecule has 7 heteroatoms. The number of piperazine rings is 1. The number of rotatable bonds is 11. The maximum absolute atomic E-state index is 13.4. The van der Waals surface area contributed by atoms with Crippen LogP contribution in [-0.2, 0) is 14.3 Å². The van der Waals surface area contributed by atoms with Crippen molar-refractivity contribution in [2.75, 3.05) is 53.0 Å². The number of hydrogen-bond donors (Lipinski definition) is 0. The van der Waals surface area contributed by atoms with Crippen LogP contribution in [0.2, 0.25) is 0 Å². The van der Waals surface area contributed by atoms with Crippen LogP contribution in [-0.4, -0.2) is 85.6 Å². The lowest BCUT2D eigenvalue weighted by atomic mass is 10.0. The molecule has 0 radical (unpaired) electrons. The average molecular weight is 444 g/mol. The Labute approximate surface area is 191 Å². The molecule has 0 unspecified atom stereocenters. The van der Waals surface area contributed by atoms with E-state index in [-0.39, 0.29) is 17.9 Å². The summed E-state index contributed by atoms with van der Waals surface area (Å²) < 4.78 is 11.4. The van der Waals surface area contributed by atoms with Gasteiger partial charge in [-0.1, -0.05) is 25.5 Å². The molecule has 32 heavy (non-hydrogen) atoms. The number of imide groups is 1. The zero-order valence-corrected chi connectivity index (χ0v) is 19.9. The van der Waals surface area contributed by atoms with E-state index in [0.29, 0.717) is 30.8 Å². The Balaban J connectivity index is 1.80. The zero-order chi connectivity index (χ0) is 23.1. The quantitative estimate of drug-likeness (QED) is 0.387. The van der Waals surface area contributed by atoms with Gasteiger partial charge in [0.2, 0.25) is 0 Å². The van der Waals surface area contributed by atoms with E-state index < -0.39 is 0 Å². The third-order valence-electron chi connectivity index (χ3n) is 5.79. The maximum Gasteiger partial charge on any atom is 0.277 e. The van der Waals surface area contributed by atoms with Crippen LogP contribution in [0.15, 0.2) is 30.0 Å². The Morgan fingerprint density at radius 1 is 0.938 bits per heavy atom. The first-order chi connectivity index (χ1) is 15.4. The number of benzene rings is 1. The molecule has 2 aliphatic heterocycles. The van der Waals surface area contributed by atoms with Gasteiger partial charge >= 0.3 is 0 Å². The van der Waals surface area contributed by atoms with Crippen LogP contribution < -0.4 is 4.74 Å². The molecule has 7 nitrogen and oxygen atoms in total. The molecule has 0 bridgehead atoms. The van der Waals surface area contributed by atoms with Crippen LogP contribution in [0, 0.1) is 0 Å². The molecule has 0 N–H and O–H groups in total. The summed E-state index contributed by atoms with van der Waals surface area (Å²) in [4.78, 5) is 32.5. The minimum Gasteiger partial charge on any atom is -0.491 e. The molecule has 2 amide bonds. The van der Waals surface area contributed by atoms with Crippen molar-refractivity contribution in [2.45, 2.75) is 46.1 Å². The fraction of sp³-hybridized carbons (Fsp3) is 0.600. The standard InChI is InChI=1S/C25H37N3O4/c1-5-6-17-31-18-7-12-28-24(29)22(20-8-10-21(11-9-20)32-19(2)3)23(25(28)30)27-15-13-26(4)14-16-27/h8-11,19H,5-7,12-18H2,1-4H3. The molecule has 0 spiro atoms. The molecule has 1 fully saturated rings. The second-order valence-corrected chi connectivity index (χ2v) is 8.79. The van der Waals surface area contributed by atoms with Gasteiger partial charge in [-0.3, -0.25) is 14.5 Å². The normalized spacial score (nSPS) is 17.8. The molecule has 176 valence electrons. The highest BCUT2D eigenvalue weighted by atomic mass is 16.5. The van der Waals surface area contributed by atoms with Crippen LogP contribution in [0.1, 0.15) is 45.6 Å². The van der Waals surface area contributed by atoms with Crippen molar-refractivity contribution in [3.63, 3.8) is 0 Å². The highest BCUT2D eigenvalue weighted by Crippen LogP contribution is 2.33. The first-order valence-corrected chi connectivity index (χ1v) is 11.8. The van der Waals surface area contributed by atoms with E-state index in [0.717, 1.165) is 56.9 Å². The van der Waals surface area contributed by atoms with Crippen molar-refractivity contribution in [3.05, 3.63) is 35.5 Å². The summed E-state index contributed by atoms with van der Waals surface area (Å²) >= 11 is 0. The molecule has 1 aromatic carbocycles. The third kappa shape index (κ3) is 5.90. The predicted molar refractivity (Wildman–Crippen MR) is 125 cm³/mol. The maximum atomic E-state index is 13.4. The second kappa shape index (κ2) is 11.5. The summed E-state index contributed by atoms with van der Waals surface area (Å²) in [7, 11) is 2.08. The first kappa shape index (κ1) is 24.3. The van der Waals surface area contributed by atoms with Gasteiger partial charge in [0.15, 0.2) is 0 Å². The highest BCUT2D eigenvalue weighted by Gasteiger charge is 2.41. The number of carbonyl (C=O) groups is 2. The highest BCUT2D eigenvalue weighted by molar-refractivity contribution is 6.35. The largest absolute Gasteiger partial charge is 0.491 e. The first-order valence-electron chi connectivity index (χ1n) is 11.8. The second-order valence-electron chi connectivity index (χ2n) is 8.79. The smallest absolute Gasteiger partial charge is 0.277 e. The van der Waals surface area contributed by atoms with E-state index in [2.05, 4.69) is 23.8 Å². The van der Waals surface area contributed by atoms with Crippen molar-refractivity contribution < 1.29 is 19.1 Å². The molecule has 2 aliphatic rings. The number of likely N-dealkylation sites (N-methyl/N-ethyl adjacent to an activating group) is 1. The summed E-state index contributed by atoms with van der Waals surface area (Å²) in [6, 6.07) is 7.50. The predicted octanol–water partition coefficient (Wildman–Crippen LogP) is 3.01. The topological polar surface area (TPSA) is 62.3 Å². The summed E-state index contributed by atoms with van der Waals surface area (Å²) in [6.07, 6.45) is 2.83. The number of hydrogen-bond acceptors (Lipinski definition) is 6. The molecular formula is C25H37N3O4. The van der Waals surface area contributed by atoms with E-state index in [4.69, 9.17) is 9.47 Å². The van der Waals surface area contributed by atoms with Crippen molar-refractivity contribution in [1.29, 1.82) is 0 Å². The van der Waals surface area contributed by atoms with Crippen molar-refractivity contribution in [3.8, 4) is 5.75 Å². The van der Waals surface area contributed by atoms with Gasteiger partial charge < -0.3 is 19.3 Å². The van der Waals surface area contributed by atoms with Gasteiger partial charge in [-0.2, -0.15) is 0 Å². The fourth-order valence-corrected chi connectivity index (χ4v) is 4.00. The number of nitrogens with zero attached hydrogens (tertiary/aromatic N) is 3. The minimum absolute atomic E-state index is 0.0747. The SMILES string of the molecule is CCCCOCCCN1C(=O)C(c2ccc(OC(C)C)cc2)=C(N2CCN(C)CC2)C1=O. The van der Waals surface area contributed by atoms with Crippen LogP contribution in [0.25, 0.3) is 5.57 Å². The van der Waals surface area contributed by atoms with Crippen molar-refractivity contribution in [2.24, 2.45) is 0 Å². The van der Waals surface area contributed by atoms with E-state index in [9.17, 15) is 9.59 Å². The summed E-state index contributed by atoms with van der Waals surface area (Å²) in [6.45, 7) is 10.9. The van der Waals surface area contributed by atoms with Gasteiger partial charge in [0.25, 0.3) is 11.8 Å². The molecular weight excluding hydrogens is 406 g/mol. The Bertz CT molecular complexity index is 811. The third-order valence-corrected chi connectivity index (χ3v) is 5.79. The molecule has 0 saturated carbocycles. The Hall–Kier alpha value is -2.38. The van der Waals surface area contributed by atoms with Crippen LogP contribution in [0.5, 0.6) is 5.75 Å². The van der Waals surface area contributed by atoms with Crippen LogP contribution >= 0.6 is 0 Å². The van der Waals surface area contributed by atoms with Crippen LogP contribution in [0.4, 0.5) is 0 Å². The Kier molecular flexibility index (Phi) is 8.70. The monoisotopic (exact) mass is 443 g/mol. The fourth-order valence-electron chi connectivity index (χ4n) is 4.00. The number of amides is 2. The summed E-state index contributed by atoms with van der Waals surface area (Å²) in [5, 5.41) is 0. The molecule has 0 atom stereocenters. The molecule has 1 aromatic rings. The van der Waals surface area contributed by atoms with Gasteiger partial charge in [-0.25, -0.2) is 0 Å². The Morgan fingerprint density at radius 3 is 2.22 bits per heavy atom. The molecule has 1 saturated heterocycles. The number of carbonyl (C=O) groups excluding carboxylic acids is 2.